The lowest BCUT2D eigenvalue weighted by Gasteiger charge is -2.08. The summed E-state index contributed by atoms with van der Waals surface area (Å²) in [6.45, 7) is 0.734. The third kappa shape index (κ3) is 1.73. The van der Waals surface area contributed by atoms with Gasteiger partial charge in [0.15, 0.2) is 10.3 Å². The fourth-order valence-corrected chi connectivity index (χ4v) is 2.05. The molecule has 1 N–H and O–H groups in total. The minimum absolute atomic E-state index is 0.356. The molecule has 0 aliphatic heterocycles. The number of H-pyrrole nitrogens is 1. The zero-order valence-corrected chi connectivity index (χ0v) is 11.2. The van der Waals surface area contributed by atoms with Crippen molar-refractivity contribution in [3.63, 3.8) is 0 Å². The van der Waals surface area contributed by atoms with Gasteiger partial charge in [-0.25, -0.2) is 4.79 Å². The van der Waals surface area contributed by atoms with Gasteiger partial charge in [-0.05, 0) is 12.2 Å². The summed E-state index contributed by atoms with van der Waals surface area (Å²) in [7, 11) is 4.69. The van der Waals surface area contributed by atoms with Gasteiger partial charge in [0.1, 0.15) is 5.65 Å². The van der Waals surface area contributed by atoms with E-state index in [9.17, 15) is 9.59 Å². The van der Waals surface area contributed by atoms with Gasteiger partial charge < -0.3 is 14.3 Å². The van der Waals surface area contributed by atoms with Crippen molar-refractivity contribution in [3.8, 4) is 0 Å². The predicted molar refractivity (Wildman–Crippen MR) is 69.5 cm³/mol. The topological polar surface area (TPSA) is 73.9 Å². The molecule has 98 valence electrons. The van der Waals surface area contributed by atoms with Crippen LogP contribution in [0.5, 0.6) is 0 Å². The van der Waals surface area contributed by atoms with E-state index in [0.29, 0.717) is 29.1 Å². The van der Waals surface area contributed by atoms with E-state index in [4.69, 9.17) is 17.0 Å². The van der Waals surface area contributed by atoms with Crippen LogP contribution in [-0.4, -0.2) is 32.4 Å². The molecule has 8 heteroatoms. The number of methoxy groups -OCH3 is 1. The van der Waals surface area contributed by atoms with Gasteiger partial charge in [-0.1, -0.05) is 0 Å². The smallest absolute Gasteiger partial charge is 0.332 e. The highest BCUT2D eigenvalue weighted by atomic mass is 32.1. The summed E-state index contributed by atoms with van der Waals surface area (Å²) >= 11 is 5.09. The van der Waals surface area contributed by atoms with Crippen molar-refractivity contribution in [2.75, 3.05) is 13.7 Å². The van der Waals surface area contributed by atoms with Crippen LogP contribution in [0.3, 0.4) is 0 Å². The normalized spacial score (nSPS) is 11.3. The molecule has 0 aromatic carbocycles. The molecule has 0 atom stereocenters. The monoisotopic (exact) mass is 270 g/mol. The number of ether oxygens (including phenoxy) is 1. The number of aromatic amines is 1. The number of imidazole rings is 1. The number of fused-ring (bicyclic) bond motifs is 1. The maximum absolute atomic E-state index is 12.0. The van der Waals surface area contributed by atoms with Crippen LogP contribution < -0.4 is 11.2 Å². The SMILES string of the molecule is COCCn1c(=O)n(C)c(=O)c2c1[nH]c(=S)n2C. The molecule has 0 saturated heterocycles. The average Bonchev–Trinajstić information content (AvgIpc) is 2.63. The molecule has 0 amide bonds. The summed E-state index contributed by atoms with van der Waals surface area (Å²) in [6.07, 6.45) is 0. The Morgan fingerprint density at radius 2 is 1.94 bits per heavy atom. The molecular formula is C10H14N4O3S. The Morgan fingerprint density at radius 3 is 2.56 bits per heavy atom. The van der Waals surface area contributed by atoms with Gasteiger partial charge in [-0.2, -0.15) is 0 Å². The van der Waals surface area contributed by atoms with Crippen molar-refractivity contribution in [2.24, 2.45) is 14.1 Å². The summed E-state index contributed by atoms with van der Waals surface area (Å²) in [5, 5.41) is 0. The minimum atomic E-state index is -0.388. The fourth-order valence-electron chi connectivity index (χ4n) is 1.86. The van der Waals surface area contributed by atoms with Gasteiger partial charge in [0.25, 0.3) is 5.56 Å². The third-order valence-corrected chi connectivity index (χ3v) is 3.28. The molecule has 7 nitrogen and oxygen atoms in total. The summed E-state index contributed by atoms with van der Waals surface area (Å²) in [5.41, 5.74) is 0.0748. The number of aryl methyl sites for hydroxylation is 1. The van der Waals surface area contributed by atoms with Crippen LogP contribution >= 0.6 is 12.2 Å². The highest BCUT2D eigenvalue weighted by Gasteiger charge is 2.14. The predicted octanol–water partition coefficient (Wildman–Crippen LogP) is -0.257. The lowest BCUT2D eigenvalue weighted by atomic mass is 10.5. The van der Waals surface area contributed by atoms with Gasteiger partial charge in [0, 0.05) is 21.2 Å². The van der Waals surface area contributed by atoms with Crippen molar-refractivity contribution in [3.05, 3.63) is 25.6 Å². The van der Waals surface area contributed by atoms with Crippen molar-refractivity contribution >= 4 is 23.4 Å². The molecule has 0 fully saturated rings. The third-order valence-electron chi connectivity index (χ3n) is 2.90. The molecule has 0 spiro atoms. The summed E-state index contributed by atoms with van der Waals surface area (Å²) in [6, 6.07) is 0. The largest absolute Gasteiger partial charge is 0.383 e. The van der Waals surface area contributed by atoms with E-state index in [1.165, 1.54) is 11.6 Å². The first kappa shape index (κ1) is 12.8. The first-order chi connectivity index (χ1) is 8.49. The van der Waals surface area contributed by atoms with E-state index in [-0.39, 0.29) is 11.2 Å². The Kier molecular flexibility index (Phi) is 3.22. The second-order valence-electron chi connectivity index (χ2n) is 3.98. The molecule has 0 bridgehead atoms. The van der Waals surface area contributed by atoms with Crippen molar-refractivity contribution < 1.29 is 4.74 Å². The van der Waals surface area contributed by atoms with Gasteiger partial charge in [-0.15, -0.1) is 0 Å². The van der Waals surface area contributed by atoms with E-state index >= 15 is 0 Å². The van der Waals surface area contributed by atoms with Gasteiger partial charge in [-0.3, -0.25) is 13.9 Å². The summed E-state index contributed by atoms with van der Waals surface area (Å²) in [4.78, 5) is 27.0. The Labute approximate surface area is 107 Å². The molecule has 2 rings (SSSR count). The zero-order chi connectivity index (χ0) is 13.4. The standard InChI is InChI=1S/C10H14N4O3S/c1-12-6-7(11-9(12)18)14(4-5-17-3)10(16)13(2)8(6)15/h4-5H2,1-3H3,(H,11,18). The number of hydrogen-bond acceptors (Lipinski definition) is 4. The molecule has 0 unspecified atom stereocenters. The lowest BCUT2D eigenvalue weighted by Crippen LogP contribution is -2.39. The maximum Gasteiger partial charge on any atom is 0.332 e. The van der Waals surface area contributed by atoms with E-state index in [1.54, 1.807) is 18.7 Å². The van der Waals surface area contributed by atoms with Crippen LogP contribution in [-0.2, 0) is 25.4 Å². The van der Waals surface area contributed by atoms with Crippen LogP contribution in [0.4, 0.5) is 0 Å². The van der Waals surface area contributed by atoms with Crippen molar-refractivity contribution in [1.29, 1.82) is 0 Å². The Bertz CT molecular complexity index is 764. The van der Waals surface area contributed by atoms with E-state index < -0.39 is 0 Å². The van der Waals surface area contributed by atoms with Crippen LogP contribution in [0.1, 0.15) is 0 Å². The summed E-state index contributed by atoms with van der Waals surface area (Å²) < 4.78 is 9.45. The van der Waals surface area contributed by atoms with Gasteiger partial charge in [0.2, 0.25) is 0 Å². The molecular weight excluding hydrogens is 256 g/mol. The highest BCUT2D eigenvalue weighted by molar-refractivity contribution is 7.71. The average molecular weight is 270 g/mol. The number of hydrogen-bond donors (Lipinski definition) is 1. The van der Waals surface area contributed by atoms with Crippen molar-refractivity contribution in [1.82, 2.24) is 18.7 Å². The molecule has 0 aliphatic carbocycles. The van der Waals surface area contributed by atoms with E-state index in [2.05, 4.69) is 4.98 Å². The highest BCUT2D eigenvalue weighted by Crippen LogP contribution is 2.06. The second kappa shape index (κ2) is 4.54. The number of rotatable bonds is 3. The fraction of sp³-hybridized carbons (Fsp3) is 0.500. The van der Waals surface area contributed by atoms with E-state index in [1.807, 2.05) is 0 Å². The minimum Gasteiger partial charge on any atom is -0.383 e. The van der Waals surface area contributed by atoms with Crippen LogP contribution in [0, 0.1) is 4.77 Å². The molecule has 0 aliphatic rings. The summed E-state index contributed by atoms with van der Waals surface area (Å²) in [5.74, 6) is 0. The zero-order valence-electron chi connectivity index (χ0n) is 10.4. The first-order valence-corrected chi connectivity index (χ1v) is 5.77. The maximum atomic E-state index is 12.0. The lowest BCUT2D eigenvalue weighted by molar-refractivity contribution is 0.186. The number of nitrogens with one attached hydrogen (secondary N) is 1. The molecule has 0 saturated carbocycles. The van der Waals surface area contributed by atoms with Crippen molar-refractivity contribution in [2.45, 2.75) is 6.54 Å². The molecule has 2 aromatic heterocycles. The quantitative estimate of drug-likeness (QED) is 0.780. The Balaban J connectivity index is 2.93. The Hall–Kier alpha value is -1.67. The Morgan fingerprint density at radius 1 is 1.28 bits per heavy atom. The van der Waals surface area contributed by atoms with E-state index in [0.717, 1.165) is 4.57 Å². The van der Waals surface area contributed by atoms with Gasteiger partial charge in [0.05, 0.1) is 13.2 Å². The van der Waals surface area contributed by atoms with Crippen LogP contribution in [0.2, 0.25) is 0 Å². The molecule has 0 radical (unpaired) electrons. The van der Waals surface area contributed by atoms with Crippen LogP contribution in [0.25, 0.3) is 11.2 Å². The van der Waals surface area contributed by atoms with Gasteiger partial charge >= 0.3 is 5.69 Å². The number of nitrogens with zero attached hydrogens (tertiary/aromatic N) is 3. The second-order valence-corrected chi connectivity index (χ2v) is 4.36. The first-order valence-electron chi connectivity index (χ1n) is 5.36. The number of aromatic nitrogens is 4. The molecule has 18 heavy (non-hydrogen) atoms. The van der Waals surface area contributed by atoms with Crippen LogP contribution in [0.15, 0.2) is 9.59 Å². The molecule has 2 heterocycles. The molecule has 2 aromatic rings.